The summed E-state index contributed by atoms with van der Waals surface area (Å²) in [4.78, 5) is 16.9. The minimum Gasteiger partial charge on any atom is -0.332 e. The highest BCUT2D eigenvalue weighted by Crippen LogP contribution is 2.31. The number of anilines is 1. The lowest BCUT2D eigenvalue weighted by molar-refractivity contribution is -0.120. The van der Waals surface area contributed by atoms with Crippen LogP contribution in [0, 0.1) is 12.8 Å². The number of nitrogens with one attached hydrogen (secondary N) is 2. The number of carbonyl (C=O) groups is 1. The molecule has 0 aliphatic heterocycles. The highest BCUT2D eigenvalue weighted by atomic mass is 32.1. The Morgan fingerprint density at radius 3 is 2.67 bits per heavy atom. The Labute approximate surface area is 187 Å². The fourth-order valence-corrected chi connectivity index (χ4v) is 5.31. The second-order valence-corrected chi connectivity index (χ2v) is 9.55. The molecule has 156 valence electrons. The fourth-order valence-electron chi connectivity index (χ4n) is 4.01. The predicted octanol–water partition coefficient (Wildman–Crippen LogP) is 6.45. The van der Waals surface area contributed by atoms with E-state index in [4.69, 9.17) is 17.2 Å². The molecule has 30 heavy (non-hydrogen) atoms. The van der Waals surface area contributed by atoms with E-state index in [1.807, 2.05) is 24.3 Å². The van der Waals surface area contributed by atoms with Gasteiger partial charge in [-0.2, -0.15) is 0 Å². The molecule has 2 aromatic carbocycles. The van der Waals surface area contributed by atoms with Crippen molar-refractivity contribution in [2.45, 2.75) is 51.9 Å². The Kier molecular flexibility index (Phi) is 6.75. The largest absolute Gasteiger partial charge is 0.332 e. The molecule has 0 spiro atoms. The van der Waals surface area contributed by atoms with Crippen molar-refractivity contribution >= 4 is 50.5 Å². The van der Waals surface area contributed by atoms with Gasteiger partial charge < -0.3 is 10.6 Å². The average molecular weight is 438 g/mol. The Hall–Kier alpha value is -2.31. The third-order valence-corrected chi connectivity index (χ3v) is 6.96. The molecule has 1 aliphatic carbocycles. The van der Waals surface area contributed by atoms with Crippen LogP contribution in [-0.2, 0) is 4.79 Å². The summed E-state index contributed by atoms with van der Waals surface area (Å²) in [5.74, 6) is 0.699. The Morgan fingerprint density at radius 2 is 1.90 bits per heavy atom. The van der Waals surface area contributed by atoms with Gasteiger partial charge in [-0.25, -0.2) is 4.98 Å². The number of aromatic nitrogens is 1. The van der Waals surface area contributed by atoms with Gasteiger partial charge in [0.15, 0.2) is 5.11 Å². The van der Waals surface area contributed by atoms with Crippen LogP contribution in [-0.4, -0.2) is 16.0 Å². The molecule has 0 unspecified atom stereocenters. The molecule has 1 amide bonds. The maximum Gasteiger partial charge on any atom is 0.226 e. The number of amides is 1. The van der Waals surface area contributed by atoms with Crippen LogP contribution >= 0.6 is 23.6 Å². The first-order chi connectivity index (χ1) is 14.6. The smallest absolute Gasteiger partial charge is 0.226 e. The topological polar surface area (TPSA) is 54.0 Å². The highest BCUT2D eigenvalue weighted by molar-refractivity contribution is 7.80. The molecule has 3 aromatic rings. The molecule has 0 atom stereocenters. The van der Waals surface area contributed by atoms with Crippen LogP contribution < -0.4 is 10.6 Å². The molecule has 1 aromatic heterocycles. The van der Waals surface area contributed by atoms with E-state index in [0.717, 1.165) is 28.2 Å². The normalized spacial score (nSPS) is 14.6. The van der Waals surface area contributed by atoms with Gasteiger partial charge in [0.05, 0.1) is 10.2 Å². The van der Waals surface area contributed by atoms with Crippen molar-refractivity contribution in [3.05, 3.63) is 48.0 Å². The minimum atomic E-state index is -0.000498. The van der Waals surface area contributed by atoms with Crippen LogP contribution in [0.2, 0.25) is 0 Å². The summed E-state index contributed by atoms with van der Waals surface area (Å²) in [5.41, 5.74) is 4.20. The number of aryl methyl sites for hydroxylation is 1. The molecular formula is C24H27N3OS2. The van der Waals surface area contributed by atoms with E-state index < -0.39 is 0 Å². The van der Waals surface area contributed by atoms with E-state index in [-0.39, 0.29) is 5.91 Å². The molecule has 1 aliphatic rings. The SMILES string of the molecule is Cc1ccc2nc(-c3ccc(NC(=S)NC(=O)CCC4CCCCC4)cc3)sc2c1. The summed E-state index contributed by atoms with van der Waals surface area (Å²) in [7, 11) is 0. The summed E-state index contributed by atoms with van der Waals surface area (Å²) >= 11 is 7.01. The van der Waals surface area contributed by atoms with Crippen molar-refractivity contribution < 1.29 is 4.79 Å². The number of carbonyl (C=O) groups excluding carboxylic acids is 1. The van der Waals surface area contributed by atoms with E-state index in [0.29, 0.717) is 17.5 Å². The molecule has 6 heteroatoms. The number of hydrogen-bond acceptors (Lipinski definition) is 4. The van der Waals surface area contributed by atoms with E-state index >= 15 is 0 Å². The lowest BCUT2D eigenvalue weighted by Gasteiger charge is -2.21. The lowest BCUT2D eigenvalue weighted by Crippen LogP contribution is -2.34. The summed E-state index contributed by atoms with van der Waals surface area (Å²) in [5, 5.41) is 7.27. The number of thiazole rings is 1. The van der Waals surface area contributed by atoms with Gasteiger partial charge in [-0.1, -0.05) is 38.2 Å². The number of fused-ring (bicyclic) bond motifs is 1. The van der Waals surface area contributed by atoms with Gasteiger partial charge in [0.1, 0.15) is 5.01 Å². The molecular weight excluding hydrogens is 410 g/mol. The van der Waals surface area contributed by atoms with Gasteiger partial charge in [0.25, 0.3) is 0 Å². The van der Waals surface area contributed by atoms with Crippen LogP contribution in [0.4, 0.5) is 5.69 Å². The molecule has 0 saturated heterocycles. The zero-order valence-corrected chi connectivity index (χ0v) is 18.9. The molecule has 1 saturated carbocycles. The van der Waals surface area contributed by atoms with Crippen molar-refractivity contribution in [2.24, 2.45) is 5.92 Å². The van der Waals surface area contributed by atoms with Gasteiger partial charge in [-0.15, -0.1) is 11.3 Å². The third kappa shape index (κ3) is 5.43. The summed E-state index contributed by atoms with van der Waals surface area (Å²) in [6, 6.07) is 14.3. The summed E-state index contributed by atoms with van der Waals surface area (Å²) < 4.78 is 1.20. The maximum absolute atomic E-state index is 12.2. The molecule has 1 fully saturated rings. The van der Waals surface area contributed by atoms with Gasteiger partial charge in [0.2, 0.25) is 5.91 Å². The Morgan fingerprint density at radius 1 is 1.13 bits per heavy atom. The van der Waals surface area contributed by atoms with Crippen LogP contribution in [0.25, 0.3) is 20.8 Å². The molecule has 0 bridgehead atoms. The maximum atomic E-state index is 12.2. The van der Waals surface area contributed by atoms with E-state index in [9.17, 15) is 4.79 Å². The first-order valence-electron chi connectivity index (χ1n) is 10.7. The van der Waals surface area contributed by atoms with Crippen LogP contribution in [0.3, 0.4) is 0 Å². The Bertz CT molecular complexity index is 1040. The van der Waals surface area contributed by atoms with Gasteiger partial charge in [-0.05, 0) is 73.4 Å². The molecule has 4 rings (SSSR count). The number of benzene rings is 2. The quantitative estimate of drug-likeness (QED) is 0.451. The highest BCUT2D eigenvalue weighted by Gasteiger charge is 2.15. The zero-order chi connectivity index (χ0) is 20.9. The van der Waals surface area contributed by atoms with Crippen LogP contribution in [0.15, 0.2) is 42.5 Å². The van der Waals surface area contributed by atoms with Crippen molar-refractivity contribution in [1.29, 1.82) is 0 Å². The van der Waals surface area contributed by atoms with E-state index in [2.05, 4.69) is 35.8 Å². The van der Waals surface area contributed by atoms with Crippen LogP contribution in [0.5, 0.6) is 0 Å². The van der Waals surface area contributed by atoms with Gasteiger partial charge in [0, 0.05) is 17.7 Å². The summed E-state index contributed by atoms with van der Waals surface area (Å²) in [6.07, 6.45) is 7.98. The minimum absolute atomic E-state index is 0.000498. The second-order valence-electron chi connectivity index (χ2n) is 8.11. The summed E-state index contributed by atoms with van der Waals surface area (Å²) in [6.45, 7) is 2.09. The number of rotatable bonds is 5. The predicted molar refractivity (Wildman–Crippen MR) is 130 cm³/mol. The first kappa shape index (κ1) is 20.9. The average Bonchev–Trinajstić information content (AvgIpc) is 3.16. The zero-order valence-electron chi connectivity index (χ0n) is 17.2. The monoisotopic (exact) mass is 437 g/mol. The van der Waals surface area contributed by atoms with Crippen molar-refractivity contribution in [2.75, 3.05) is 5.32 Å². The lowest BCUT2D eigenvalue weighted by atomic mass is 9.86. The second kappa shape index (κ2) is 9.67. The van der Waals surface area contributed by atoms with Gasteiger partial charge >= 0.3 is 0 Å². The number of thiocarbonyl (C=S) groups is 1. The molecule has 0 radical (unpaired) electrons. The number of nitrogens with zero attached hydrogens (tertiary/aromatic N) is 1. The van der Waals surface area contributed by atoms with Crippen molar-refractivity contribution in [3.63, 3.8) is 0 Å². The van der Waals surface area contributed by atoms with Crippen molar-refractivity contribution in [3.8, 4) is 10.6 Å². The number of hydrogen-bond donors (Lipinski definition) is 2. The van der Waals surface area contributed by atoms with Crippen LogP contribution in [0.1, 0.15) is 50.5 Å². The van der Waals surface area contributed by atoms with Crippen molar-refractivity contribution in [1.82, 2.24) is 10.3 Å². The van der Waals surface area contributed by atoms with E-state index in [1.54, 1.807) is 11.3 Å². The molecule has 2 N–H and O–H groups in total. The standard InChI is InChI=1S/C24H27N3OS2/c1-16-7-13-20-21(15-16)30-23(26-20)18-9-11-19(12-10-18)25-24(29)27-22(28)14-8-17-5-3-2-4-6-17/h7,9-13,15,17H,2-6,8,14H2,1H3,(H2,25,27,28,29). The first-order valence-corrected chi connectivity index (χ1v) is 11.9. The molecule has 1 heterocycles. The van der Waals surface area contributed by atoms with Gasteiger partial charge in [-0.3, -0.25) is 4.79 Å². The third-order valence-electron chi connectivity index (χ3n) is 5.69. The van der Waals surface area contributed by atoms with E-state index in [1.165, 1.54) is 42.4 Å². The Balaban J connectivity index is 1.30. The fraction of sp³-hybridized carbons (Fsp3) is 0.375. The molecule has 4 nitrogen and oxygen atoms in total.